The molecule has 11 nitrogen and oxygen atoms in total. The van der Waals surface area contributed by atoms with Crippen molar-refractivity contribution in [3.63, 3.8) is 0 Å². The Morgan fingerprint density at radius 3 is 2.35 bits per heavy atom. The fourth-order valence-electron chi connectivity index (χ4n) is 4.61. The number of ether oxygens (including phenoxy) is 6. The maximum absolute atomic E-state index is 13.7. The van der Waals surface area contributed by atoms with Gasteiger partial charge in [-0.05, 0) is 54.6 Å². The molecule has 0 saturated carbocycles. The summed E-state index contributed by atoms with van der Waals surface area (Å²) in [5.41, 5.74) is 1.32. The number of hydrogen-bond donors (Lipinski definition) is 0. The Morgan fingerprint density at radius 2 is 1.58 bits per heavy atom. The van der Waals surface area contributed by atoms with Crippen molar-refractivity contribution in [3.8, 4) is 45.9 Å². The third kappa shape index (κ3) is 5.19. The molecule has 4 aromatic carbocycles. The Labute approximate surface area is 245 Å². The Balaban J connectivity index is 1.42. The number of carbonyl (C=O) groups is 1. The first kappa shape index (κ1) is 27.3. The summed E-state index contributed by atoms with van der Waals surface area (Å²) in [6.45, 7) is 0.0915. The van der Waals surface area contributed by atoms with Gasteiger partial charge in [-0.15, -0.1) is 0 Å². The highest BCUT2D eigenvalue weighted by molar-refractivity contribution is 5.94. The van der Waals surface area contributed by atoms with Crippen molar-refractivity contribution in [1.29, 1.82) is 0 Å². The van der Waals surface area contributed by atoms with Gasteiger partial charge in [0.05, 0.1) is 44.0 Å². The van der Waals surface area contributed by atoms with Crippen molar-refractivity contribution in [2.24, 2.45) is 5.10 Å². The fraction of sp³-hybridized carbons (Fsp3) is 0.125. The summed E-state index contributed by atoms with van der Waals surface area (Å²) >= 11 is 0. The first-order valence-electron chi connectivity index (χ1n) is 13.1. The summed E-state index contributed by atoms with van der Waals surface area (Å²) in [7, 11) is 4.51. The zero-order valence-corrected chi connectivity index (χ0v) is 23.4. The van der Waals surface area contributed by atoms with Gasteiger partial charge in [-0.3, -0.25) is 4.79 Å². The van der Waals surface area contributed by atoms with Crippen LogP contribution in [0.2, 0.25) is 0 Å². The van der Waals surface area contributed by atoms with E-state index in [1.165, 1.54) is 32.2 Å². The molecule has 0 radical (unpaired) electrons. The van der Waals surface area contributed by atoms with E-state index in [-0.39, 0.29) is 23.9 Å². The minimum absolute atomic E-state index is 0.0915. The van der Waals surface area contributed by atoms with Crippen LogP contribution in [0.15, 0.2) is 88.8 Å². The van der Waals surface area contributed by atoms with Gasteiger partial charge in [-0.25, -0.2) is 9.78 Å². The molecule has 1 aromatic heterocycles. The van der Waals surface area contributed by atoms with Crippen molar-refractivity contribution in [2.75, 3.05) is 28.1 Å². The van der Waals surface area contributed by atoms with E-state index in [1.807, 2.05) is 0 Å². The maximum Gasteiger partial charge on any atom is 0.343 e. The van der Waals surface area contributed by atoms with E-state index in [1.54, 1.807) is 78.9 Å². The van der Waals surface area contributed by atoms with Crippen LogP contribution in [0.3, 0.4) is 0 Å². The summed E-state index contributed by atoms with van der Waals surface area (Å²) in [6, 6.07) is 22.0. The van der Waals surface area contributed by atoms with Gasteiger partial charge in [-0.2, -0.15) is 9.78 Å². The molecule has 0 bridgehead atoms. The van der Waals surface area contributed by atoms with E-state index in [2.05, 4.69) is 5.10 Å². The molecule has 0 spiro atoms. The van der Waals surface area contributed by atoms with Crippen molar-refractivity contribution < 1.29 is 33.2 Å². The quantitative estimate of drug-likeness (QED) is 0.143. The second-order valence-corrected chi connectivity index (χ2v) is 9.22. The second kappa shape index (κ2) is 11.6. The topological polar surface area (TPSA) is 120 Å². The molecule has 0 unspecified atom stereocenters. The third-order valence-corrected chi connectivity index (χ3v) is 6.72. The standard InChI is InChI=1S/C32H25N3O8/c1-38-27-15-21(16-28(39-2)29(27)40-3)30-34-23-10-6-5-9-22(23)31(36)35(30)33-17-20-8-4-7-11-24(20)43-32(37)19-12-13-25-26(14-19)42-18-41-25/h4-17H,18H2,1-3H3. The lowest BCUT2D eigenvalue weighted by Gasteiger charge is -2.15. The second-order valence-electron chi connectivity index (χ2n) is 9.22. The predicted molar refractivity (Wildman–Crippen MR) is 158 cm³/mol. The number of benzene rings is 4. The van der Waals surface area contributed by atoms with Crippen LogP contribution in [0.4, 0.5) is 0 Å². The van der Waals surface area contributed by atoms with Crippen LogP contribution in [-0.4, -0.2) is 50.0 Å². The SMILES string of the molecule is COc1cc(-c2nc3ccccc3c(=O)n2N=Cc2ccccc2OC(=O)c2ccc3c(c2)OCO3)cc(OC)c1OC. The molecule has 216 valence electrons. The number of aromatic nitrogens is 2. The Bertz CT molecular complexity index is 1920. The average molecular weight is 580 g/mol. The van der Waals surface area contributed by atoms with Gasteiger partial charge < -0.3 is 28.4 Å². The smallest absolute Gasteiger partial charge is 0.343 e. The number of hydrogen-bond acceptors (Lipinski definition) is 10. The first-order valence-corrected chi connectivity index (χ1v) is 13.1. The Morgan fingerprint density at radius 1 is 0.860 bits per heavy atom. The van der Waals surface area contributed by atoms with Gasteiger partial charge in [0.25, 0.3) is 5.56 Å². The molecule has 0 amide bonds. The normalized spacial score (nSPS) is 12.0. The number of esters is 1. The number of carbonyl (C=O) groups excluding carboxylic acids is 1. The number of methoxy groups -OCH3 is 3. The monoisotopic (exact) mass is 579 g/mol. The van der Waals surface area contributed by atoms with Crippen LogP contribution in [0, 0.1) is 0 Å². The molecular formula is C32H25N3O8. The summed E-state index contributed by atoms with van der Waals surface area (Å²) in [5, 5.41) is 4.89. The van der Waals surface area contributed by atoms with E-state index in [0.29, 0.717) is 50.8 Å². The Kier molecular flexibility index (Phi) is 7.35. The molecule has 1 aliphatic heterocycles. The van der Waals surface area contributed by atoms with Crippen molar-refractivity contribution in [2.45, 2.75) is 0 Å². The van der Waals surface area contributed by atoms with Crippen LogP contribution in [-0.2, 0) is 0 Å². The summed E-state index contributed by atoms with van der Waals surface area (Å²) in [6.07, 6.45) is 1.43. The predicted octanol–water partition coefficient (Wildman–Crippen LogP) is 4.92. The molecule has 0 aliphatic carbocycles. The Hall–Kier alpha value is -5.84. The number of nitrogens with zero attached hydrogens (tertiary/aromatic N) is 3. The minimum Gasteiger partial charge on any atom is -0.493 e. The van der Waals surface area contributed by atoms with E-state index in [4.69, 9.17) is 33.4 Å². The minimum atomic E-state index is -0.596. The van der Waals surface area contributed by atoms with Gasteiger partial charge >= 0.3 is 5.97 Å². The number of rotatable bonds is 8. The van der Waals surface area contributed by atoms with Gasteiger partial charge in [0, 0.05) is 11.1 Å². The molecule has 0 atom stereocenters. The van der Waals surface area contributed by atoms with E-state index in [0.717, 1.165) is 0 Å². The molecule has 0 fully saturated rings. The first-order chi connectivity index (χ1) is 21.0. The lowest BCUT2D eigenvalue weighted by molar-refractivity contribution is 0.0734. The zero-order chi connectivity index (χ0) is 29.9. The van der Waals surface area contributed by atoms with E-state index >= 15 is 0 Å². The summed E-state index contributed by atoms with van der Waals surface area (Å²) in [5.74, 6) is 2.06. The third-order valence-electron chi connectivity index (χ3n) is 6.72. The lowest BCUT2D eigenvalue weighted by Crippen LogP contribution is -2.20. The van der Waals surface area contributed by atoms with E-state index in [9.17, 15) is 9.59 Å². The van der Waals surface area contributed by atoms with Gasteiger partial charge in [0.2, 0.25) is 12.5 Å². The maximum atomic E-state index is 13.7. The molecule has 0 N–H and O–H groups in total. The van der Waals surface area contributed by atoms with E-state index < -0.39 is 11.5 Å². The largest absolute Gasteiger partial charge is 0.493 e. The van der Waals surface area contributed by atoms with Crippen molar-refractivity contribution in [3.05, 3.63) is 100 Å². The van der Waals surface area contributed by atoms with Crippen molar-refractivity contribution >= 4 is 23.1 Å². The average Bonchev–Trinajstić information content (AvgIpc) is 3.52. The molecule has 6 rings (SSSR count). The zero-order valence-electron chi connectivity index (χ0n) is 23.4. The number of para-hydroxylation sites is 2. The highest BCUT2D eigenvalue weighted by atomic mass is 16.7. The molecule has 1 aliphatic rings. The highest BCUT2D eigenvalue weighted by Crippen LogP contribution is 2.41. The number of fused-ring (bicyclic) bond motifs is 2. The van der Waals surface area contributed by atoms with Gasteiger partial charge in [0.1, 0.15) is 5.75 Å². The van der Waals surface area contributed by atoms with Gasteiger partial charge in [0.15, 0.2) is 28.8 Å². The highest BCUT2D eigenvalue weighted by Gasteiger charge is 2.20. The lowest BCUT2D eigenvalue weighted by atomic mass is 10.1. The van der Waals surface area contributed by atoms with Crippen LogP contribution in [0.1, 0.15) is 15.9 Å². The molecule has 43 heavy (non-hydrogen) atoms. The molecule has 5 aromatic rings. The molecule has 11 heteroatoms. The molecule has 2 heterocycles. The van der Waals surface area contributed by atoms with Gasteiger partial charge in [-0.1, -0.05) is 24.3 Å². The summed E-state index contributed by atoms with van der Waals surface area (Å²) < 4.78 is 34.1. The van der Waals surface area contributed by atoms with Crippen LogP contribution < -0.4 is 34.0 Å². The van der Waals surface area contributed by atoms with Crippen LogP contribution in [0.25, 0.3) is 22.3 Å². The summed E-state index contributed by atoms with van der Waals surface area (Å²) in [4.78, 5) is 31.5. The van der Waals surface area contributed by atoms with Crippen LogP contribution >= 0.6 is 0 Å². The molecular weight excluding hydrogens is 554 g/mol. The molecule has 0 saturated heterocycles. The van der Waals surface area contributed by atoms with Crippen LogP contribution in [0.5, 0.6) is 34.5 Å². The van der Waals surface area contributed by atoms with Crippen molar-refractivity contribution in [1.82, 2.24) is 9.66 Å². The fourth-order valence-corrected chi connectivity index (χ4v) is 4.61.